The molecule has 0 bridgehead atoms. The van der Waals surface area contributed by atoms with E-state index in [4.69, 9.17) is 23.2 Å². The average Bonchev–Trinajstić information content (AvgIpc) is 2.47. The molecule has 2 aromatic carbocycles. The fraction of sp³-hybridized carbons (Fsp3) is 0.294. The zero-order valence-corrected chi connectivity index (χ0v) is 13.0. The molecular weight excluding hydrogens is 289 g/mol. The molecule has 1 heterocycles. The molecule has 1 unspecified atom stereocenters. The molecule has 104 valence electrons. The first-order chi connectivity index (χ1) is 9.70. The van der Waals surface area contributed by atoms with Crippen molar-refractivity contribution in [3.63, 3.8) is 0 Å². The van der Waals surface area contributed by atoms with Crippen molar-refractivity contribution in [2.24, 2.45) is 0 Å². The average molecular weight is 306 g/mol. The molecule has 1 atom stereocenters. The minimum absolute atomic E-state index is 0.450. The van der Waals surface area contributed by atoms with Crippen LogP contribution in [0.25, 0.3) is 0 Å². The summed E-state index contributed by atoms with van der Waals surface area (Å²) in [5.74, 6) is 0.450. The largest absolute Gasteiger partial charge is 0.338 e. The van der Waals surface area contributed by atoms with Crippen LogP contribution in [0, 0.1) is 0 Å². The molecule has 2 aromatic rings. The summed E-state index contributed by atoms with van der Waals surface area (Å²) in [6.07, 6.45) is 2.30. The highest BCUT2D eigenvalue weighted by atomic mass is 35.5. The number of hydrogen-bond acceptors (Lipinski definition) is 1. The SMILES string of the molecule is CC1CCc2ccccc2N1c1ccc(CCl)c(Cl)c1. The van der Waals surface area contributed by atoms with Gasteiger partial charge in [-0.2, -0.15) is 0 Å². The number of para-hydroxylation sites is 1. The summed E-state index contributed by atoms with van der Waals surface area (Å²) in [5, 5.41) is 0.743. The molecule has 20 heavy (non-hydrogen) atoms. The van der Waals surface area contributed by atoms with Crippen LogP contribution in [-0.4, -0.2) is 6.04 Å². The van der Waals surface area contributed by atoms with Gasteiger partial charge in [-0.1, -0.05) is 35.9 Å². The van der Waals surface area contributed by atoms with Crippen LogP contribution in [0.2, 0.25) is 5.02 Å². The Kier molecular flexibility index (Phi) is 3.91. The molecule has 0 N–H and O–H groups in total. The molecule has 0 spiro atoms. The summed E-state index contributed by atoms with van der Waals surface area (Å²) in [6, 6.07) is 15.2. The van der Waals surface area contributed by atoms with Crippen LogP contribution in [0.15, 0.2) is 42.5 Å². The molecule has 0 fully saturated rings. The number of aryl methyl sites for hydroxylation is 1. The summed E-state index contributed by atoms with van der Waals surface area (Å²) in [6.45, 7) is 2.26. The maximum atomic E-state index is 6.31. The molecular formula is C17H17Cl2N. The minimum atomic E-state index is 0.450. The highest BCUT2D eigenvalue weighted by molar-refractivity contribution is 6.32. The van der Waals surface area contributed by atoms with E-state index in [0.717, 1.165) is 29.1 Å². The fourth-order valence-corrected chi connectivity index (χ4v) is 3.42. The van der Waals surface area contributed by atoms with Crippen LogP contribution in [0.5, 0.6) is 0 Å². The van der Waals surface area contributed by atoms with Gasteiger partial charge in [0, 0.05) is 28.3 Å². The Labute approximate surface area is 130 Å². The predicted molar refractivity (Wildman–Crippen MR) is 87.4 cm³/mol. The molecule has 0 saturated heterocycles. The van der Waals surface area contributed by atoms with Gasteiger partial charge in [-0.05, 0) is 49.1 Å². The van der Waals surface area contributed by atoms with Crippen molar-refractivity contribution in [2.45, 2.75) is 31.7 Å². The van der Waals surface area contributed by atoms with Gasteiger partial charge in [-0.25, -0.2) is 0 Å². The maximum Gasteiger partial charge on any atom is 0.0488 e. The maximum absolute atomic E-state index is 6.31. The fourth-order valence-electron chi connectivity index (χ4n) is 2.88. The molecule has 0 radical (unpaired) electrons. The Balaban J connectivity index is 2.07. The number of rotatable bonds is 2. The molecule has 1 aliphatic rings. The third kappa shape index (κ3) is 2.41. The van der Waals surface area contributed by atoms with Gasteiger partial charge in [0.25, 0.3) is 0 Å². The summed E-state index contributed by atoms with van der Waals surface area (Å²) >= 11 is 12.2. The van der Waals surface area contributed by atoms with Gasteiger partial charge in [0.05, 0.1) is 0 Å². The first-order valence-corrected chi connectivity index (χ1v) is 7.83. The third-order valence-corrected chi connectivity index (χ3v) is 4.62. The lowest BCUT2D eigenvalue weighted by atomic mass is 9.96. The standard InChI is InChI=1S/C17H17Cl2N/c1-12-6-7-13-4-2-3-5-17(13)20(12)15-9-8-14(11-18)16(19)10-15/h2-5,8-10,12H,6-7,11H2,1H3. The Morgan fingerprint density at radius 3 is 2.75 bits per heavy atom. The lowest BCUT2D eigenvalue weighted by Gasteiger charge is -2.37. The van der Waals surface area contributed by atoms with Crippen LogP contribution in [0.4, 0.5) is 11.4 Å². The van der Waals surface area contributed by atoms with Crippen molar-refractivity contribution in [2.75, 3.05) is 4.90 Å². The van der Waals surface area contributed by atoms with Crippen molar-refractivity contribution in [1.82, 2.24) is 0 Å². The Hall–Kier alpha value is -1.18. The van der Waals surface area contributed by atoms with E-state index in [9.17, 15) is 0 Å². The van der Waals surface area contributed by atoms with Gasteiger partial charge >= 0.3 is 0 Å². The van der Waals surface area contributed by atoms with Crippen LogP contribution < -0.4 is 4.90 Å². The van der Waals surface area contributed by atoms with Gasteiger partial charge in [-0.3, -0.25) is 0 Å². The van der Waals surface area contributed by atoms with Gasteiger partial charge in [-0.15, -0.1) is 11.6 Å². The van der Waals surface area contributed by atoms with Crippen molar-refractivity contribution in [1.29, 1.82) is 0 Å². The second kappa shape index (κ2) is 5.67. The number of halogens is 2. The Morgan fingerprint density at radius 2 is 2.00 bits per heavy atom. The van der Waals surface area contributed by atoms with E-state index in [2.05, 4.69) is 42.2 Å². The summed E-state index contributed by atoms with van der Waals surface area (Å²) in [7, 11) is 0. The zero-order chi connectivity index (χ0) is 14.1. The lowest BCUT2D eigenvalue weighted by Crippen LogP contribution is -2.33. The molecule has 1 aliphatic heterocycles. The summed E-state index contributed by atoms with van der Waals surface area (Å²) < 4.78 is 0. The number of hydrogen-bond donors (Lipinski definition) is 0. The number of fused-ring (bicyclic) bond motifs is 1. The quantitative estimate of drug-likeness (QED) is 0.657. The number of anilines is 2. The Bertz CT molecular complexity index is 624. The number of nitrogens with zero attached hydrogens (tertiary/aromatic N) is 1. The topological polar surface area (TPSA) is 3.24 Å². The van der Waals surface area contributed by atoms with E-state index >= 15 is 0 Å². The monoisotopic (exact) mass is 305 g/mol. The smallest absolute Gasteiger partial charge is 0.0488 e. The van der Waals surface area contributed by atoms with E-state index in [1.807, 2.05) is 12.1 Å². The van der Waals surface area contributed by atoms with E-state index in [1.165, 1.54) is 11.3 Å². The van der Waals surface area contributed by atoms with Gasteiger partial charge in [0.15, 0.2) is 0 Å². The molecule has 0 aliphatic carbocycles. The van der Waals surface area contributed by atoms with Crippen LogP contribution in [-0.2, 0) is 12.3 Å². The lowest BCUT2D eigenvalue weighted by molar-refractivity contribution is 0.618. The van der Waals surface area contributed by atoms with Gasteiger partial charge < -0.3 is 4.90 Å². The highest BCUT2D eigenvalue weighted by Crippen LogP contribution is 2.38. The predicted octanol–water partition coefficient (Wildman–Crippen LogP) is 5.55. The molecule has 0 saturated carbocycles. The molecule has 0 amide bonds. The number of alkyl halides is 1. The second-order valence-corrected chi connectivity index (χ2v) is 5.97. The normalized spacial score (nSPS) is 17.9. The van der Waals surface area contributed by atoms with Gasteiger partial charge in [0.2, 0.25) is 0 Å². The van der Waals surface area contributed by atoms with Crippen LogP contribution in [0.3, 0.4) is 0 Å². The van der Waals surface area contributed by atoms with E-state index in [-0.39, 0.29) is 0 Å². The molecule has 0 aromatic heterocycles. The van der Waals surface area contributed by atoms with Crippen molar-refractivity contribution in [3.05, 3.63) is 58.6 Å². The summed E-state index contributed by atoms with van der Waals surface area (Å²) in [4.78, 5) is 2.38. The van der Waals surface area contributed by atoms with E-state index < -0.39 is 0 Å². The van der Waals surface area contributed by atoms with Crippen molar-refractivity contribution >= 4 is 34.6 Å². The van der Waals surface area contributed by atoms with Crippen molar-refractivity contribution < 1.29 is 0 Å². The first kappa shape index (κ1) is 13.8. The second-order valence-electron chi connectivity index (χ2n) is 5.30. The summed E-state index contributed by atoms with van der Waals surface area (Å²) in [5.41, 5.74) is 4.82. The third-order valence-electron chi connectivity index (χ3n) is 3.98. The molecule has 1 nitrogen and oxygen atoms in total. The van der Waals surface area contributed by atoms with Crippen LogP contribution in [0.1, 0.15) is 24.5 Å². The molecule has 3 rings (SSSR count). The minimum Gasteiger partial charge on any atom is -0.338 e. The zero-order valence-electron chi connectivity index (χ0n) is 11.4. The van der Waals surface area contributed by atoms with Gasteiger partial charge in [0.1, 0.15) is 0 Å². The van der Waals surface area contributed by atoms with E-state index in [0.29, 0.717) is 11.9 Å². The Morgan fingerprint density at radius 1 is 1.20 bits per heavy atom. The molecule has 3 heteroatoms. The van der Waals surface area contributed by atoms with Crippen molar-refractivity contribution in [3.8, 4) is 0 Å². The highest BCUT2D eigenvalue weighted by Gasteiger charge is 2.24. The van der Waals surface area contributed by atoms with E-state index in [1.54, 1.807) is 0 Å². The first-order valence-electron chi connectivity index (χ1n) is 6.92. The van der Waals surface area contributed by atoms with Crippen LogP contribution >= 0.6 is 23.2 Å². The number of benzene rings is 2.